The minimum absolute atomic E-state index is 0.0303. The first-order valence-corrected chi connectivity index (χ1v) is 10.5. The Bertz CT molecular complexity index is 1210. The van der Waals surface area contributed by atoms with Gasteiger partial charge in [0, 0.05) is 22.5 Å². The molecule has 0 bridgehead atoms. The van der Waals surface area contributed by atoms with Gasteiger partial charge in [-0.15, -0.1) is 0 Å². The number of ketones is 1. The first-order chi connectivity index (χ1) is 15.4. The number of aliphatic hydroxyl groups is 1. The number of carbonyl (C=O) groups is 2. The number of benzene rings is 2. The van der Waals surface area contributed by atoms with Crippen molar-refractivity contribution >= 4 is 34.7 Å². The van der Waals surface area contributed by atoms with Crippen molar-refractivity contribution in [3.63, 3.8) is 0 Å². The monoisotopic (exact) mass is 448 g/mol. The number of pyridine rings is 1. The first kappa shape index (κ1) is 21.6. The fraction of sp³-hybridized carbons (Fsp3) is 0.160. The van der Waals surface area contributed by atoms with E-state index in [1.54, 1.807) is 73.8 Å². The molecule has 0 saturated carbocycles. The Kier molecular flexibility index (Phi) is 5.97. The molecule has 1 saturated heterocycles. The first-order valence-electron chi connectivity index (χ1n) is 10.1. The van der Waals surface area contributed by atoms with Crippen LogP contribution < -0.4 is 9.64 Å². The van der Waals surface area contributed by atoms with Crippen molar-refractivity contribution in [1.29, 1.82) is 0 Å². The van der Waals surface area contributed by atoms with E-state index in [1.165, 1.54) is 4.90 Å². The summed E-state index contributed by atoms with van der Waals surface area (Å²) in [6.07, 6.45) is 1.58. The Balaban J connectivity index is 1.91. The van der Waals surface area contributed by atoms with Gasteiger partial charge in [-0.2, -0.15) is 0 Å². The van der Waals surface area contributed by atoms with Crippen LogP contribution in [0, 0.1) is 6.92 Å². The third-order valence-corrected chi connectivity index (χ3v) is 5.76. The van der Waals surface area contributed by atoms with E-state index in [2.05, 4.69) is 4.98 Å². The second-order valence-corrected chi connectivity index (χ2v) is 7.67. The van der Waals surface area contributed by atoms with Gasteiger partial charge in [0.1, 0.15) is 17.6 Å². The van der Waals surface area contributed by atoms with Crippen LogP contribution in [0.1, 0.15) is 29.8 Å². The Morgan fingerprint density at radius 3 is 2.50 bits per heavy atom. The van der Waals surface area contributed by atoms with Crippen LogP contribution in [0.2, 0.25) is 5.02 Å². The van der Waals surface area contributed by atoms with E-state index >= 15 is 0 Å². The topological polar surface area (TPSA) is 79.7 Å². The van der Waals surface area contributed by atoms with Crippen molar-refractivity contribution in [2.75, 3.05) is 11.5 Å². The maximum atomic E-state index is 13.2. The Labute approximate surface area is 190 Å². The molecule has 162 valence electrons. The number of carbonyl (C=O) groups excluding carboxylic acids is 2. The molecular formula is C25H21ClN2O4. The predicted octanol–water partition coefficient (Wildman–Crippen LogP) is 5.07. The number of amides is 1. The smallest absolute Gasteiger partial charge is 0.300 e. The van der Waals surface area contributed by atoms with Crippen molar-refractivity contribution < 1.29 is 19.4 Å². The van der Waals surface area contributed by atoms with Gasteiger partial charge in [-0.3, -0.25) is 19.5 Å². The average Bonchev–Trinajstić information content (AvgIpc) is 3.07. The molecule has 7 heteroatoms. The predicted molar refractivity (Wildman–Crippen MR) is 123 cm³/mol. The average molecular weight is 449 g/mol. The van der Waals surface area contributed by atoms with Crippen LogP contribution in [0.4, 0.5) is 5.69 Å². The van der Waals surface area contributed by atoms with Crippen molar-refractivity contribution in [1.82, 2.24) is 4.98 Å². The summed E-state index contributed by atoms with van der Waals surface area (Å²) in [6, 6.07) is 16.2. The molecule has 0 radical (unpaired) electrons. The molecule has 1 fully saturated rings. The summed E-state index contributed by atoms with van der Waals surface area (Å²) in [5.74, 6) is -1.17. The molecule has 1 amide bonds. The van der Waals surface area contributed by atoms with Gasteiger partial charge >= 0.3 is 0 Å². The second kappa shape index (κ2) is 8.85. The zero-order valence-electron chi connectivity index (χ0n) is 17.6. The van der Waals surface area contributed by atoms with Crippen LogP contribution in [0.3, 0.4) is 0 Å². The Hall–Kier alpha value is -3.64. The Morgan fingerprint density at radius 1 is 1.09 bits per heavy atom. The van der Waals surface area contributed by atoms with Crippen molar-refractivity contribution in [2.45, 2.75) is 19.9 Å². The lowest BCUT2D eigenvalue weighted by Crippen LogP contribution is -2.30. The molecule has 4 rings (SSSR count). The number of aliphatic hydroxyl groups excluding tert-OH is 1. The van der Waals surface area contributed by atoms with Gasteiger partial charge in [-0.1, -0.05) is 23.7 Å². The molecule has 1 unspecified atom stereocenters. The number of Topliss-reactive ketones (excluding diaryl/α,β-unsaturated/α-hetero) is 1. The minimum atomic E-state index is -0.903. The summed E-state index contributed by atoms with van der Waals surface area (Å²) in [6.45, 7) is 4.16. The van der Waals surface area contributed by atoms with Crippen molar-refractivity contribution in [3.8, 4) is 5.75 Å². The number of hydrogen-bond donors (Lipinski definition) is 1. The molecule has 2 heterocycles. The van der Waals surface area contributed by atoms with Gasteiger partial charge < -0.3 is 9.84 Å². The number of aromatic nitrogens is 1. The summed E-state index contributed by atoms with van der Waals surface area (Å²) in [5.41, 5.74) is 1.96. The number of ether oxygens (including phenoxy) is 1. The normalized spacial score (nSPS) is 17.6. The summed E-state index contributed by atoms with van der Waals surface area (Å²) in [4.78, 5) is 32.1. The molecule has 1 N–H and O–H groups in total. The van der Waals surface area contributed by atoms with Gasteiger partial charge in [0.2, 0.25) is 0 Å². The molecule has 1 aromatic heterocycles. The van der Waals surface area contributed by atoms with Gasteiger partial charge in [0.25, 0.3) is 11.7 Å². The van der Waals surface area contributed by atoms with Crippen LogP contribution in [0.15, 0.2) is 72.4 Å². The fourth-order valence-corrected chi connectivity index (χ4v) is 3.96. The number of rotatable bonds is 5. The second-order valence-electron chi connectivity index (χ2n) is 7.27. The van der Waals surface area contributed by atoms with E-state index in [1.807, 2.05) is 6.92 Å². The quantitative estimate of drug-likeness (QED) is 0.335. The SMILES string of the molecule is CCOc1ccc(/C(O)=C2\C(=O)C(=O)N(c3cccc(Cl)c3C)C2c2ccccn2)cc1. The number of halogens is 1. The van der Waals surface area contributed by atoms with E-state index < -0.39 is 17.7 Å². The summed E-state index contributed by atoms with van der Waals surface area (Å²) < 4.78 is 5.44. The van der Waals surface area contributed by atoms with E-state index in [0.29, 0.717) is 39.9 Å². The van der Waals surface area contributed by atoms with E-state index in [9.17, 15) is 14.7 Å². The third-order valence-electron chi connectivity index (χ3n) is 5.35. The zero-order valence-corrected chi connectivity index (χ0v) is 18.3. The molecular weight excluding hydrogens is 428 g/mol. The lowest BCUT2D eigenvalue weighted by Gasteiger charge is -2.26. The van der Waals surface area contributed by atoms with Gasteiger partial charge in [0.05, 0.1) is 17.9 Å². The fourth-order valence-electron chi connectivity index (χ4n) is 3.79. The van der Waals surface area contributed by atoms with Crippen LogP contribution in [-0.2, 0) is 9.59 Å². The van der Waals surface area contributed by atoms with Crippen molar-refractivity contribution in [3.05, 3.63) is 94.3 Å². The molecule has 1 aliphatic heterocycles. The molecule has 6 nitrogen and oxygen atoms in total. The standard InChI is InChI=1S/C25H21ClN2O4/c1-3-32-17-12-10-16(11-13-17)23(29)21-22(19-8-4-5-14-27-19)28(25(31)24(21)30)20-9-6-7-18(26)15(20)2/h4-14,22,29H,3H2,1-2H3/b23-21+. The van der Waals surface area contributed by atoms with Crippen LogP contribution in [-0.4, -0.2) is 28.4 Å². The number of nitrogens with zero attached hydrogens (tertiary/aromatic N) is 2. The molecule has 2 aromatic carbocycles. The van der Waals surface area contributed by atoms with Gasteiger partial charge in [-0.25, -0.2) is 0 Å². The zero-order chi connectivity index (χ0) is 22.8. The summed E-state index contributed by atoms with van der Waals surface area (Å²) in [5, 5.41) is 11.6. The minimum Gasteiger partial charge on any atom is -0.507 e. The maximum Gasteiger partial charge on any atom is 0.300 e. The largest absolute Gasteiger partial charge is 0.507 e. The molecule has 32 heavy (non-hydrogen) atoms. The molecule has 0 aliphatic carbocycles. The number of anilines is 1. The highest BCUT2D eigenvalue weighted by Gasteiger charge is 2.48. The molecule has 0 spiro atoms. The number of hydrogen-bond acceptors (Lipinski definition) is 5. The Morgan fingerprint density at radius 2 is 1.84 bits per heavy atom. The molecule has 3 aromatic rings. The highest BCUT2D eigenvalue weighted by molar-refractivity contribution is 6.52. The van der Waals surface area contributed by atoms with E-state index in [0.717, 1.165) is 0 Å². The highest BCUT2D eigenvalue weighted by Crippen LogP contribution is 2.43. The van der Waals surface area contributed by atoms with Crippen molar-refractivity contribution in [2.24, 2.45) is 0 Å². The van der Waals surface area contributed by atoms with Crippen LogP contribution in [0.5, 0.6) is 5.75 Å². The van der Waals surface area contributed by atoms with Crippen LogP contribution in [0.25, 0.3) is 5.76 Å². The summed E-state index contributed by atoms with van der Waals surface area (Å²) in [7, 11) is 0. The molecule has 1 atom stereocenters. The molecule has 1 aliphatic rings. The van der Waals surface area contributed by atoms with Crippen LogP contribution >= 0.6 is 11.6 Å². The van der Waals surface area contributed by atoms with Gasteiger partial charge in [-0.05, 0) is 67.9 Å². The van der Waals surface area contributed by atoms with Gasteiger partial charge in [0.15, 0.2) is 0 Å². The lowest BCUT2D eigenvalue weighted by atomic mass is 9.98. The maximum absolute atomic E-state index is 13.2. The van der Waals surface area contributed by atoms with E-state index in [4.69, 9.17) is 16.3 Å². The third kappa shape index (κ3) is 3.74. The summed E-state index contributed by atoms with van der Waals surface area (Å²) >= 11 is 6.29. The van der Waals surface area contributed by atoms with E-state index in [-0.39, 0.29) is 11.3 Å². The lowest BCUT2D eigenvalue weighted by molar-refractivity contribution is -0.132. The highest BCUT2D eigenvalue weighted by atomic mass is 35.5.